The Morgan fingerprint density at radius 3 is 2.84 bits per heavy atom. The van der Waals surface area contributed by atoms with Gasteiger partial charge in [0.25, 0.3) is 0 Å². The van der Waals surface area contributed by atoms with Crippen LogP contribution in [0.3, 0.4) is 0 Å². The first-order valence-corrected chi connectivity index (χ1v) is 6.10. The zero-order chi connectivity index (χ0) is 13.8. The van der Waals surface area contributed by atoms with Crippen LogP contribution in [0.5, 0.6) is 5.75 Å². The number of carboxylic acid groups (broad SMARTS) is 1. The zero-order valence-corrected chi connectivity index (χ0v) is 11.2. The van der Waals surface area contributed by atoms with Gasteiger partial charge in [0.2, 0.25) is 0 Å². The fraction of sp³-hybridized carbons (Fsp3) is 0.0769. The lowest BCUT2D eigenvalue weighted by Gasteiger charge is -2.08. The quantitative estimate of drug-likeness (QED) is 0.937. The van der Waals surface area contributed by atoms with Gasteiger partial charge in [-0.05, 0) is 34.1 Å². The summed E-state index contributed by atoms with van der Waals surface area (Å²) in [4.78, 5) is 14.9. The molecule has 0 aliphatic carbocycles. The Labute approximate surface area is 117 Å². The number of aromatic nitrogens is 1. The summed E-state index contributed by atoms with van der Waals surface area (Å²) in [6.07, 6.45) is 3.11. The number of halogens is 2. The third-order valence-corrected chi connectivity index (χ3v) is 2.81. The number of aromatic carboxylic acids is 1. The molecule has 0 amide bonds. The van der Waals surface area contributed by atoms with Gasteiger partial charge >= 0.3 is 5.97 Å². The number of hydrogen-bond acceptors (Lipinski definition) is 3. The summed E-state index contributed by atoms with van der Waals surface area (Å²) < 4.78 is 19.2. The van der Waals surface area contributed by atoms with Crippen molar-refractivity contribution in [1.29, 1.82) is 0 Å². The number of ether oxygens (including phenoxy) is 1. The number of nitrogens with zero attached hydrogens (tertiary/aromatic N) is 1. The maximum atomic E-state index is 13.0. The van der Waals surface area contributed by atoms with Crippen molar-refractivity contribution in [3.05, 3.63) is 58.1 Å². The fourth-order valence-corrected chi connectivity index (χ4v) is 1.85. The second kappa shape index (κ2) is 5.79. The van der Waals surface area contributed by atoms with Gasteiger partial charge in [-0.2, -0.15) is 0 Å². The minimum atomic E-state index is -1.19. The van der Waals surface area contributed by atoms with Crippen LogP contribution in [0.15, 0.2) is 41.1 Å². The van der Waals surface area contributed by atoms with Gasteiger partial charge in [0, 0.05) is 16.2 Å². The predicted molar refractivity (Wildman–Crippen MR) is 69.6 cm³/mol. The first-order chi connectivity index (χ1) is 9.06. The smallest absolute Gasteiger partial charge is 0.336 e. The lowest BCUT2D eigenvalue weighted by atomic mass is 10.1. The van der Waals surface area contributed by atoms with Crippen molar-refractivity contribution in [2.24, 2.45) is 0 Å². The topological polar surface area (TPSA) is 59.4 Å². The Kier molecular flexibility index (Phi) is 4.11. The van der Waals surface area contributed by atoms with E-state index in [4.69, 9.17) is 9.84 Å². The predicted octanol–water partition coefficient (Wildman–Crippen LogP) is 3.26. The van der Waals surface area contributed by atoms with Crippen LogP contribution < -0.4 is 4.74 Å². The third-order valence-electron chi connectivity index (χ3n) is 2.38. The van der Waals surface area contributed by atoms with E-state index < -0.39 is 11.8 Å². The van der Waals surface area contributed by atoms with Gasteiger partial charge in [-0.15, -0.1) is 0 Å². The maximum absolute atomic E-state index is 13.0. The van der Waals surface area contributed by atoms with Gasteiger partial charge in [0.15, 0.2) is 0 Å². The van der Waals surface area contributed by atoms with Crippen LogP contribution >= 0.6 is 15.9 Å². The van der Waals surface area contributed by atoms with E-state index in [1.54, 1.807) is 12.3 Å². The maximum Gasteiger partial charge on any atom is 0.336 e. The van der Waals surface area contributed by atoms with Gasteiger partial charge < -0.3 is 9.84 Å². The standard InChI is InChI=1S/C13H9BrFNO3/c14-9-3-11(6-16-5-9)19-7-8-1-2-10(15)4-12(8)13(17)18/h1-6H,7H2,(H,17,18). The zero-order valence-electron chi connectivity index (χ0n) is 9.64. The van der Waals surface area contributed by atoms with Crippen LogP contribution in [-0.2, 0) is 6.61 Å². The lowest BCUT2D eigenvalue weighted by Crippen LogP contribution is -2.06. The number of carbonyl (C=O) groups is 1. The molecule has 0 fully saturated rings. The van der Waals surface area contributed by atoms with Crippen molar-refractivity contribution in [3.63, 3.8) is 0 Å². The summed E-state index contributed by atoms with van der Waals surface area (Å²) in [6.45, 7) is 0.0278. The highest BCUT2D eigenvalue weighted by atomic mass is 79.9. The Morgan fingerprint density at radius 2 is 2.16 bits per heavy atom. The SMILES string of the molecule is O=C(O)c1cc(F)ccc1COc1cncc(Br)c1. The number of pyridine rings is 1. The van der Waals surface area contributed by atoms with Crippen molar-refractivity contribution < 1.29 is 19.0 Å². The van der Waals surface area contributed by atoms with Crippen LogP contribution in [-0.4, -0.2) is 16.1 Å². The molecule has 0 saturated carbocycles. The minimum absolute atomic E-state index is 0.0278. The molecule has 2 rings (SSSR count). The minimum Gasteiger partial charge on any atom is -0.487 e. The molecule has 1 N–H and O–H groups in total. The Bertz CT molecular complexity index is 619. The molecule has 4 nitrogen and oxygen atoms in total. The largest absolute Gasteiger partial charge is 0.487 e. The van der Waals surface area contributed by atoms with E-state index in [-0.39, 0.29) is 12.2 Å². The summed E-state index contributed by atoms with van der Waals surface area (Å²) in [5.74, 6) is -1.29. The van der Waals surface area contributed by atoms with Crippen LogP contribution in [0.4, 0.5) is 4.39 Å². The molecule has 19 heavy (non-hydrogen) atoms. The molecule has 0 aliphatic rings. The van der Waals surface area contributed by atoms with Crippen LogP contribution in [0.25, 0.3) is 0 Å². The van der Waals surface area contributed by atoms with Gasteiger partial charge in [-0.25, -0.2) is 9.18 Å². The van der Waals surface area contributed by atoms with Gasteiger partial charge in [0.1, 0.15) is 18.2 Å². The summed E-state index contributed by atoms with van der Waals surface area (Å²) in [7, 11) is 0. The van der Waals surface area contributed by atoms with Crippen LogP contribution in [0.2, 0.25) is 0 Å². The Morgan fingerprint density at radius 1 is 1.37 bits per heavy atom. The molecule has 0 bridgehead atoms. The molecule has 2 aromatic rings. The van der Waals surface area contributed by atoms with Crippen LogP contribution in [0, 0.1) is 5.82 Å². The molecule has 98 valence electrons. The highest BCUT2D eigenvalue weighted by Crippen LogP contribution is 2.19. The van der Waals surface area contributed by atoms with Crippen molar-refractivity contribution in [3.8, 4) is 5.75 Å². The van der Waals surface area contributed by atoms with Crippen molar-refractivity contribution in [2.75, 3.05) is 0 Å². The molecular formula is C13H9BrFNO3. The van der Waals surface area contributed by atoms with E-state index >= 15 is 0 Å². The number of rotatable bonds is 4. The molecule has 0 spiro atoms. The molecule has 6 heteroatoms. The molecule has 1 aromatic carbocycles. The van der Waals surface area contributed by atoms with Gasteiger partial charge in [-0.1, -0.05) is 6.07 Å². The summed E-state index contributed by atoms with van der Waals surface area (Å²) in [6, 6.07) is 5.27. The van der Waals surface area contributed by atoms with E-state index in [1.807, 2.05) is 0 Å². The molecule has 1 aromatic heterocycles. The number of hydrogen-bond donors (Lipinski definition) is 1. The van der Waals surface area contributed by atoms with E-state index in [1.165, 1.54) is 18.3 Å². The molecular weight excluding hydrogens is 317 g/mol. The highest BCUT2D eigenvalue weighted by Gasteiger charge is 2.11. The molecule has 0 atom stereocenters. The van der Waals surface area contributed by atoms with Crippen molar-refractivity contribution in [1.82, 2.24) is 4.98 Å². The first-order valence-electron chi connectivity index (χ1n) is 5.31. The van der Waals surface area contributed by atoms with Gasteiger partial charge in [0.05, 0.1) is 11.8 Å². The Hall–Kier alpha value is -1.95. The van der Waals surface area contributed by atoms with Crippen molar-refractivity contribution in [2.45, 2.75) is 6.61 Å². The number of carboxylic acids is 1. The average Bonchev–Trinajstić information content (AvgIpc) is 2.37. The second-order valence-corrected chi connectivity index (χ2v) is 4.65. The lowest BCUT2D eigenvalue weighted by molar-refractivity contribution is 0.0693. The van der Waals surface area contributed by atoms with E-state index in [0.717, 1.165) is 10.5 Å². The number of benzene rings is 1. The third kappa shape index (κ3) is 3.51. The normalized spacial score (nSPS) is 10.2. The van der Waals surface area contributed by atoms with E-state index in [0.29, 0.717) is 11.3 Å². The summed E-state index contributed by atoms with van der Waals surface area (Å²) in [5.41, 5.74) is 0.289. The highest BCUT2D eigenvalue weighted by molar-refractivity contribution is 9.10. The molecule has 0 radical (unpaired) electrons. The van der Waals surface area contributed by atoms with Crippen LogP contribution in [0.1, 0.15) is 15.9 Å². The monoisotopic (exact) mass is 325 g/mol. The molecule has 0 aliphatic heterocycles. The molecule has 1 heterocycles. The molecule has 0 saturated heterocycles. The first kappa shape index (κ1) is 13.5. The second-order valence-electron chi connectivity index (χ2n) is 3.73. The van der Waals surface area contributed by atoms with E-state index in [9.17, 15) is 9.18 Å². The summed E-state index contributed by atoms with van der Waals surface area (Å²) >= 11 is 3.25. The Balaban J connectivity index is 2.17. The summed E-state index contributed by atoms with van der Waals surface area (Å²) in [5, 5.41) is 8.99. The van der Waals surface area contributed by atoms with Gasteiger partial charge in [-0.3, -0.25) is 4.98 Å². The fourth-order valence-electron chi connectivity index (χ4n) is 1.51. The average molecular weight is 326 g/mol. The van der Waals surface area contributed by atoms with Crippen molar-refractivity contribution >= 4 is 21.9 Å². The molecule has 0 unspecified atom stereocenters. The van der Waals surface area contributed by atoms with E-state index in [2.05, 4.69) is 20.9 Å².